The third kappa shape index (κ3) is 2.46. The Bertz CT molecular complexity index is 223. The standard InChI is InChI=1S/C9H12OS/c1-2-7-10-8-5-3-4-6-9(8)11/h3-6,11H,2,7H2,1H3. The van der Waals surface area contributed by atoms with Crippen molar-refractivity contribution in [1.29, 1.82) is 0 Å². The lowest BCUT2D eigenvalue weighted by Crippen LogP contribution is -1.95. The van der Waals surface area contributed by atoms with Gasteiger partial charge in [-0.05, 0) is 18.6 Å². The summed E-state index contributed by atoms with van der Waals surface area (Å²) in [6, 6.07) is 7.75. The normalized spacial score (nSPS) is 9.64. The number of rotatable bonds is 3. The first-order valence-electron chi connectivity index (χ1n) is 3.75. The van der Waals surface area contributed by atoms with Gasteiger partial charge in [0.05, 0.1) is 6.61 Å². The van der Waals surface area contributed by atoms with Gasteiger partial charge >= 0.3 is 0 Å². The highest BCUT2D eigenvalue weighted by atomic mass is 32.1. The average Bonchev–Trinajstić information content (AvgIpc) is 2.03. The van der Waals surface area contributed by atoms with E-state index < -0.39 is 0 Å². The summed E-state index contributed by atoms with van der Waals surface area (Å²) < 4.78 is 5.41. The number of para-hydroxylation sites is 1. The number of hydrogen-bond donors (Lipinski definition) is 1. The van der Waals surface area contributed by atoms with Crippen LogP contribution in [0.2, 0.25) is 0 Å². The van der Waals surface area contributed by atoms with Crippen molar-refractivity contribution in [3.8, 4) is 5.75 Å². The fourth-order valence-corrected chi connectivity index (χ4v) is 1.02. The Labute approximate surface area is 72.8 Å². The van der Waals surface area contributed by atoms with Gasteiger partial charge in [-0.25, -0.2) is 0 Å². The number of hydrogen-bond acceptors (Lipinski definition) is 2. The van der Waals surface area contributed by atoms with Gasteiger partial charge in [-0.3, -0.25) is 0 Å². The molecule has 0 spiro atoms. The van der Waals surface area contributed by atoms with Gasteiger partial charge in [0.1, 0.15) is 5.75 Å². The van der Waals surface area contributed by atoms with E-state index in [9.17, 15) is 0 Å². The Morgan fingerprint density at radius 3 is 2.73 bits per heavy atom. The van der Waals surface area contributed by atoms with E-state index in [1.807, 2.05) is 24.3 Å². The van der Waals surface area contributed by atoms with E-state index in [1.165, 1.54) is 0 Å². The Morgan fingerprint density at radius 2 is 2.09 bits per heavy atom. The summed E-state index contributed by atoms with van der Waals surface area (Å²) in [7, 11) is 0. The largest absolute Gasteiger partial charge is 0.492 e. The third-order valence-electron chi connectivity index (χ3n) is 1.33. The average molecular weight is 168 g/mol. The zero-order valence-electron chi connectivity index (χ0n) is 6.58. The number of benzene rings is 1. The van der Waals surface area contributed by atoms with Crippen LogP contribution in [0.5, 0.6) is 5.75 Å². The van der Waals surface area contributed by atoms with Crippen molar-refractivity contribution in [2.75, 3.05) is 6.61 Å². The van der Waals surface area contributed by atoms with Gasteiger partial charge in [-0.1, -0.05) is 19.1 Å². The molecule has 0 aliphatic carbocycles. The van der Waals surface area contributed by atoms with Gasteiger partial charge < -0.3 is 4.74 Å². The van der Waals surface area contributed by atoms with E-state index in [0.29, 0.717) is 0 Å². The molecule has 0 fully saturated rings. The van der Waals surface area contributed by atoms with Crippen LogP contribution in [-0.2, 0) is 0 Å². The first-order chi connectivity index (χ1) is 5.34. The predicted octanol–water partition coefficient (Wildman–Crippen LogP) is 2.76. The molecule has 0 N–H and O–H groups in total. The molecule has 0 saturated carbocycles. The molecule has 0 aliphatic rings. The molecule has 1 aromatic carbocycles. The molecule has 0 saturated heterocycles. The van der Waals surface area contributed by atoms with E-state index in [4.69, 9.17) is 4.74 Å². The summed E-state index contributed by atoms with van der Waals surface area (Å²) >= 11 is 4.25. The van der Waals surface area contributed by atoms with Gasteiger partial charge in [0.15, 0.2) is 0 Å². The zero-order valence-corrected chi connectivity index (χ0v) is 7.47. The Balaban J connectivity index is 2.62. The van der Waals surface area contributed by atoms with Crippen molar-refractivity contribution in [3.63, 3.8) is 0 Å². The van der Waals surface area contributed by atoms with Crippen molar-refractivity contribution in [2.24, 2.45) is 0 Å². The van der Waals surface area contributed by atoms with Crippen molar-refractivity contribution in [3.05, 3.63) is 24.3 Å². The Morgan fingerprint density at radius 1 is 1.36 bits per heavy atom. The second kappa shape index (κ2) is 4.29. The van der Waals surface area contributed by atoms with Crippen molar-refractivity contribution in [2.45, 2.75) is 18.2 Å². The van der Waals surface area contributed by atoms with E-state index in [-0.39, 0.29) is 0 Å². The van der Waals surface area contributed by atoms with Crippen LogP contribution < -0.4 is 4.74 Å². The maximum Gasteiger partial charge on any atom is 0.132 e. The van der Waals surface area contributed by atoms with Crippen LogP contribution in [0.4, 0.5) is 0 Å². The van der Waals surface area contributed by atoms with Gasteiger partial charge in [0, 0.05) is 4.90 Å². The Kier molecular flexibility index (Phi) is 3.30. The van der Waals surface area contributed by atoms with E-state index in [0.717, 1.165) is 23.7 Å². The summed E-state index contributed by atoms with van der Waals surface area (Å²) in [4.78, 5) is 0.904. The van der Waals surface area contributed by atoms with E-state index in [1.54, 1.807) is 0 Å². The summed E-state index contributed by atoms with van der Waals surface area (Å²) in [6.45, 7) is 2.85. The predicted molar refractivity (Wildman–Crippen MR) is 49.5 cm³/mol. The molecule has 60 valence electrons. The van der Waals surface area contributed by atoms with Crippen LogP contribution in [0.25, 0.3) is 0 Å². The molecular formula is C9H12OS. The molecule has 0 aliphatic heterocycles. The number of ether oxygens (including phenoxy) is 1. The smallest absolute Gasteiger partial charge is 0.132 e. The van der Waals surface area contributed by atoms with Gasteiger partial charge in [-0.15, -0.1) is 12.6 Å². The molecule has 0 amide bonds. The molecule has 0 heterocycles. The molecule has 0 atom stereocenters. The molecule has 0 bridgehead atoms. The fraction of sp³-hybridized carbons (Fsp3) is 0.333. The summed E-state index contributed by atoms with van der Waals surface area (Å²) in [5.41, 5.74) is 0. The minimum atomic E-state index is 0.761. The van der Waals surface area contributed by atoms with Gasteiger partial charge in [0.2, 0.25) is 0 Å². The van der Waals surface area contributed by atoms with E-state index in [2.05, 4.69) is 19.6 Å². The van der Waals surface area contributed by atoms with Crippen LogP contribution >= 0.6 is 12.6 Å². The zero-order chi connectivity index (χ0) is 8.10. The lowest BCUT2D eigenvalue weighted by atomic mass is 10.3. The van der Waals surface area contributed by atoms with Crippen molar-refractivity contribution in [1.82, 2.24) is 0 Å². The maximum atomic E-state index is 5.41. The molecule has 0 unspecified atom stereocenters. The van der Waals surface area contributed by atoms with Gasteiger partial charge in [-0.2, -0.15) is 0 Å². The molecule has 2 heteroatoms. The summed E-state index contributed by atoms with van der Waals surface area (Å²) in [6.07, 6.45) is 1.03. The minimum Gasteiger partial charge on any atom is -0.492 e. The quantitative estimate of drug-likeness (QED) is 0.683. The molecule has 11 heavy (non-hydrogen) atoms. The van der Waals surface area contributed by atoms with Gasteiger partial charge in [0.25, 0.3) is 0 Å². The van der Waals surface area contributed by atoms with Crippen molar-refractivity contribution >= 4 is 12.6 Å². The lowest BCUT2D eigenvalue weighted by molar-refractivity contribution is 0.310. The molecule has 1 aromatic rings. The molecule has 1 nitrogen and oxygen atoms in total. The van der Waals surface area contributed by atoms with Crippen LogP contribution in [-0.4, -0.2) is 6.61 Å². The molecular weight excluding hydrogens is 156 g/mol. The van der Waals surface area contributed by atoms with Crippen LogP contribution in [0, 0.1) is 0 Å². The summed E-state index contributed by atoms with van der Waals surface area (Å²) in [5.74, 6) is 0.873. The van der Waals surface area contributed by atoms with E-state index >= 15 is 0 Å². The first kappa shape index (κ1) is 8.47. The highest BCUT2D eigenvalue weighted by Crippen LogP contribution is 2.20. The second-order valence-electron chi connectivity index (χ2n) is 2.32. The van der Waals surface area contributed by atoms with Crippen molar-refractivity contribution < 1.29 is 4.74 Å². The lowest BCUT2D eigenvalue weighted by Gasteiger charge is -2.05. The maximum absolute atomic E-state index is 5.41. The molecule has 0 aromatic heterocycles. The number of thiol groups is 1. The SMILES string of the molecule is CCCOc1ccccc1S. The highest BCUT2D eigenvalue weighted by Gasteiger charge is 1.95. The monoisotopic (exact) mass is 168 g/mol. The third-order valence-corrected chi connectivity index (χ3v) is 1.70. The Hall–Kier alpha value is -0.630. The topological polar surface area (TPSA) is 9.23 Å². The second-order valence-corrected chi connectivity index (χ2v) is 2.80. The summed E-state index contributed by atoms with van der Waals surface area (Å²) in [5, 5.41) is 0. The fourth-order valence-electron chi connectivity index (χ4n) is 0.791. The highest BCUT2D eigenvalue weighted by molar-refractivity contribution is 7.80. The molecule has 1 rings (SSSR count). The first-order valence-corrected chi connectivity index (χ1v) is 4.20. The van der Waals surface area contributed by atoms with Crippen LogP contribution in [0.15, 0.2) is 29.2 Å². The minimum absolute atomic E-state index is 0.761. The van der Waals surface area contributed by atoms with Crippen LogP contribution in [0.3, 0.4) is 0 Å². The van der Waals surface area contributed by atoms with Crippen LogP contribution in [0.1, 0.15) is 13.3 Å². The molecule has 0 radical (unpaired) electrons.